The highest BCUT2D eigenvalue weighted by atomic mass is 16.4. The molecule has 0 aromatic rings. The summed E-state index contributed by atoms with van der Waals surface area (Å²) in [7, 11) is 0. The fraction of sp³-hybridized carbons (Fsp3) is 0.963. The van der Waals surface area contributed by atoms with Crippen molar-refractivity contribution in [2.24, 2.45) is 0 Å². The average molecular weight is 426 g/mol. The van der Waals surface area contributed by atoms with E-state index in [9.17, 15) is 4.79 Å². The molecule has 0 amide bonds. The van der Waals surface area contributed by atoms with Crippen LogP contribution in [0.1, 0.15) is 149 Å². The molecule has 0 heterocycles. The van der Waals surface area contributed by atoms with E-state index in [-0.39, 0.29) is 0 Å². The van der Waals surface area contributed by atoms with Crippen LogP contribution in [0.2, 0.25) is 0 Å². The van der Waals surface area contributed by atoms with Gasteiger partial charge in [-0.1, -0.05) is 117 Å². The average Bonchev–Trinajstić information content (AvgIpc) is 2.73. The molecule has 0 aliphatic rings. The number of hydrogen-bond donors (Lipinski definition) is 1. The van der Waals surface area contributed by atoms with Crippen LogP contribution >= 0.6 is 0 Å². The third-order valence-corrected chi connectivity index (χ3v) is 6.50. The first-order valence-electron chi connectivity index (χ1n) is 13.6. The Morgan fingerprint density at radius 1 is 0.633 bits per heavy atom. The second kappa shape index (κ2) is 23.1. The molecule has 0 bridgehead atoms. The molecule has 0 radical (unpaired) electrons. The molecule has 0 spiro atoms. The van der Waals surface area contributed by atoms with Gasteiger partial charge in [0.25, 0.3) is 0 Å². The van der Waals surface area contributed by atoms with Crippen LogP contribution in [0.4, 0.5) is 0 Å². The fourth-order valence-corrected chi connectivity index (χ4v) is 4.32. The Hall–Kier alpha value is -0.570. The van der Waals surface area contributed by atoms with Gasteiger partial charge in [-0.05, 0) is 39.3 Å². The summed E-state index contributed by atoms with van der Waals surface area (Å²) in [5.41, 5.74) is 0. The second-order valence-electron chi connectivity index (χ2n) is 9.47. The van der Waals surface area contributed by atoms with Gasteiger partial charge in [-0.2, -0.15) is 0 Å². The summed E-state index contributed by atoms with van der Waals surface area (Å²) >= 11 is 0. The summed E-state index contributed by atoms with van der Waals surface area (Å²) < 4.78 is 0. The number of hydrogen-bond acceptors (Lipinski definition) is 2. The lowest BCUT2D eigenvalue weighted by atomic mass is 10.1. The standard InChI is InChI=1S/C27H55NO2/c1-4-6-8-10-12-14-16-18-20-24-28(26(3)22-23-27(29)30)25-21-19-17-15-13-11-9-7-5-2/h26H,4-25H2,1-3H3,(H,29,30). The number of carboxylic acid groups (broad SMARTS) is 1. The van der Waals surface area contributed by atoms with Crippen LogP contribution in [0.15, 0.2) is 0 Å². The van der Waals surface area contributed by atoms with Crippen molar-refractivity contribution in [1.29, 1.82) is 0 Å². The van der Waals surface area contributed by atoms with E-state index in [0.717, 1.165) is 19.5 Å². The molecule has 180 valence electrons. The minimum Gasteiger partial charge on any atom is -0.481 e. The van der Waals surface area contributed by atoms with Crippen molar-refractivity contribution in [2.45, 2.75) is 155 Å². The normalized spacial score (nSPS) is 12.5. The molecule has 0 aromatic heterocycles. The molecule has 0 rings (SSSR count). The van der Waals surface area contributed by atoms with Crippen molar-refractivity contribution >= 4 is 5.97 Å². The summed E-state index contributed by atoms with van der Waals surface area (Å²) in [4.78, 5) is 13.5. The van der Waals surface area contributed by atoms with Crippen molar-refractivity contribution in [2.75, 3.05) is 13.1 Å². The molecular formula is C27H55NO2. The Kier molecular flexibility index (Phi) is 22.7. The molecular weight excluding hydrogens is 370 g/mol. The van der Waals surface area contributed by atoms with Crippen LogP contribution in [0.25, 0.3) is 0 Å². The molecule has 1 N–H and O–H groups in total. The van der Waals surface area contributed by atoms with Crippen LogP contribution in [0.5, 0.6) is 0 Å². The van der Waals surface area contributed by atoms with E-state index in [0.29, 0.717) is 12.5 Å². The van der Waals surface area contributed by atoms with Crippen LogP contribution in [0, 0.1) is 0 Å². The molecule has 0 saturated carbocycles. The topological polar surface area (TPSA) is 40.5 Å². The third kappa shape index (κ3) is 20.7. The highest BCUT2D eigenvalue weighted by Gasteiger charge is 2.14. The zero-order valence-electron chi connectivity index (χ0n) is 20.9. The molecule has 1 atom stereocenters. The monoisotopic (exact) mass is 425 g/mol. The van der Waals surface area contributed by atoms with Gasteiger partial charge < -0.3 is 10.0 Å². The van der Waals surface area contributed by atoms with Crippen molar-refractivity contribution in [1.82, 2.24) is 4.90 Å². The molecule has 0 fully saturated rings. The molecule has 0 aliphatic carbocycles. The lowest BCUT2D eigenvalue weighted by Gasteiger charge is -2.29. The van der Waals surface area contributed by atoms with Crippen molar-refractivity contribution in [3.63, 3.8) is 0 Å². The summed E-state index contributed by atoms with van der Waals surface area (Å²) in [6, 6.07) is 0.393. The minimum atomic E-state index is -0.659. The van der Waals surface area contributed by atoms with E-state index >= 15 is 0 Å². The Bertz CT molecular complexity index is 337. The van der Waals surface area contributed by atoms with Crippen LogP contribution in [-0.4, -0.2) is 35.1 Å². The van der Waals surface area contributed by atoms with Crippen LogP contribution < -0.4 is 0 Å². The second-order valence-corrected chi connectivity index (χ2v) is 9.47. The highest BCUT2D eigenvalue weighted by Crippen LogP contribution is 2.15. The number of unbranched alkanes of at least 4 members (excludes halogenated alkanes) is 16. The fourth-order valence-electron chi connectivity index (χ4n) is 4.32. The molecule has 3 nitrogen and oxygen atoms in total. The van der Waals surface area contributed by atoms with Gasteiger partial charge in [-0.15, -0.1) is 0 Å². The Labute approximate surface area is 189 Å². The highest BCUT2D eigenvalue weighted by molar-refractivity contribution is 5.66. The van der Waals surface area contributed by atoms with Crippen molar-refractivity contribution in [3.05, 3.63) is 0 Å². The zero-order chi connectivity index (χ0) is 22.3. The van der Waals surface area contributed by atoms with E-state index in [1.165, 1.54) is 116 Å². The number of aliphatic carboxylic acids is 1. The molecule has 0 aromatic carbocycles. The van der Waals surface area contributed by atoms with Gasteiger partial charge in [-0.25, -0.2) is 0 Å². The molecule has 30 heavy (non-hydrogen) atoms. The SMILES string of the molecule is CCCCCCCCCCCN(CCCCCCCCCCC)C(C)CCC(=O)O. The summed E-state index contributed by atoms with van der Waals surface area (Å²) in [6.45, 7) is 9.07. The molecule has 3 heteroatoms. The number of rotatable bonds is 24. The Balaban J connectivity index is 3.93. The minimum absolute atomic E-state index is 0.299. The van der Waals surface area contributed by atoms with Gasteiger partial charge in [0.15, 0.2) is 0 Å². The lowest BCUT2D eigenvalue weighted by Crippen LogP contribution is -2.35. The predicted octanol–water partition coefficient (Wildman–Crippen LogP) is 8.60. The van der Waals surface area contributed by atoms with Crippen LogP contribution in [-0.2, 0) is 4.79 Å². The lowest BCUT2D eigenvalue weighted by molar-refractivity contribution is -0.137. The van der Waals surface area contributed by atoms with Gasteiger partial charge in [0, 0.05) is 12.5 Å². The third-order valence-electron chi connectivity index (χ3n) is 6.50. The van der Waals surface area contributed by atoms with Gasteiger partial charge in [0.05, 0.1) is 0 Å². The molecule has 1 unspecified atom stereocenters. The quantitative estimate of drug-likeness (QED) is 0.157. The van der Waals surface area contributed by atoms with Crippen LogP contribution in [0.3, 0.4) is 0 Å². The van der Waals surface area contributed by atoms with Crippen molar-refractivity contribution < 1.29 is 9.90 Å². The van der Waals surface area contributed by atoms with E-state index in [2.05, 4.69) is 25.7 Å². The first-order valence-corrected chi connectivity index (χ1v) is 13.6. The summed E-state index contributed by atoms with van der Waals surface area (Å²) in [5, 5.41) is 9.03. The number of carbonyl (C=O) groups is 1. The van der Waals surface area contributed by atoms with Gasteiger partial charge >= 0.3 is 5.97 Å². The zero-order valence-corrected chi connectivity index (χ0v) is 20.9. The first-order chi connectivity index (χ1) is 14.6. The summed E-state index contributed by atoms with van der Waals surface area (Å²) in [5.74, 6) is -0.659. The Morgan fingerprint density at radius 2 is 0.967 bits per heavy atom. The number of nitrogens with zero attached hydrogens (tertiary/aromatic N) is 1. The van der Waals surface area contributed by atoms with Gasteiger partial charge in [0.1, 0.15) is 0 Å². The maximum atomic E-state index is 11.0. The molecule has 0 aliphatic heterocycles. The smallest absolute Gasteiger partial charge is 0.303 e. The largest absolute Gasteiger partial charge is 0.481 e. The van der Waals surface area contributed by atoms with E-state index < -0.39 is 5.97 Å². The number of carboxylic acids is 1. The first kappa shape index (κ1) is 29.4. The molecule has 0 saturated heterocycles. The van der Waals surface area contributed by atoms with Gasteiger partial charge in [0.2, 0.25) is 0 Å². The predicted molar refractivity (Wildman–Crippen MR) is 132 cm³/mol. The Morgan fingerprint density at radius 3 is 1.30 bits per heavy atom. The summed E-state index contributed by atoms with van der Waals surface area (Å²) in [6.07, 6.45) is 25.6. The van der Waals surface area contributed by atoms with E-state index in [4.69, 9.17) is 5.11 Å². The van der Waals surface area contributed by atoms with E-state index in [1.54, 1.807) is 0 Å². The van der Waals surface area contributed by atoms with Gasteiger partial charge in [-0.3, -0.25) is 4.79 Å². The maximum Gasteiger partial charge on any atom is 0.303 e. The van der Waals surface area contributed by atoms with E-state index in [1.807, 2.05) is 0 Å². The maximum absolute atomic E-state index is 11.0. The van der Waals surface area contributed by atoms with Crippen molar-refractivity contribution in [3.8, 4) is 0 Å².